The van der Waals surface area contributed by atoms with E-state index in [1.807, 2.05) is 29.7 Å². The number of carbonyl (C=O) groups excluding carboxylic acids is 3. The van der Waals surface area contributed by atoms with Crippen LogP contribution in [0.1, 0.15) is 50.8 Å². The molecule has 198 valence electrons. The number of amides is 1. The van der Waals surface area contributed by atoms with Gasteiger partial charge in [-0.15, -0.1) is 0 Å². The molecule has 1 aromatic carbocycles. The molecule has 1 fully saturated rings. The van der Waals surface area contributed by atoms with Gasteiger partial charge in [-0.2, -0.15) is 0 Å². The standard InChI is InChI=1S/C29H26N4O5S/c1-6-13-38-20-11-7-10-19(14-20)23-21(24(35)22-17(4)32-12-8-9-15(2)27(32)31-22)25(36)28(37)33(23)29-30-16(3)26(39-29)18(5)34/h6-12,14,23,35H,1,13H2,2-5H3. The summed E-state index contributed by atoms with van der Waals surface area (Å²) in [5.74, 6) is -1.82. The molecule has 1 atom stereocenters. The second-order valence-corrected chi connectivity index (χ2v) is 10.2. The molecule has 0 bridgehead atoms. The highest BCUT2D eigenvalue weighted by molar-refractivity contribution is 7.18. The number of nitrogens with zero attached hydrogens (tertiary/aromatic N) is 4. The van der Waals surface area contributed by atoms with Gasteiger partial charge in [0.05, 0.1) is 27.9 Å². The fourth-order valence-electron chi connectivity index (χ4n) is 4.76. The van der Waals surface area contributed by atoms with E-state index in [4.69, 9.17) is 4.74 Å². The lowest BCUT2D eigenvalue weighted by Crippen LogP contribution is -2.29. The van der Waals surface area contributed by atoms with Crippen molar-refractivity contribution in [2.24, 2.45) is 0 Å². The summed E-state index contributed by atoms with van der Waals surface area (Å²) in [7, 11) is 0. The molecule has 0 aliphatic carbocycles. The van der Waals surface area contributed by atoms with Crippen molar-refractivity contribution in [3.8, 4) is 5.75 Å². The van der Waals surface area contributed by atoms with E-state index >= 15 is 0 Å². The third-order valence-corrected chi connectivity index (χ3v) is 7.86. The van der Waals surface area contributed by atoms with Crippen molar-refractivity contribution >= 4 is 45.3 Å². The van der Waals surface area contributed by atoms with Crippen LogP contribution in [0.5, 0.6) is 5.75 Å². The number of ether oxygens (including phenoxy) is 1. The lowest BCUT2D eigenvalue weighted by atomic mass is 9.96. The highest BCUT2D eigenvalue weighted by atomic mass is 32.1. The van der Waals surface area contributed by atoms with Gasteiger partial charge in [-0.05, 0) is 50.1 Å². The maximum absolute atomic E-state index is 13.6. The van der Waals surface area contributed by atoms with Crippen LogP contribution in [-0.4, -0.2) is 43.6 Å². The molecular formula is C29H26N4O5S. The molecule has 3 aromatic heterocycles. The van der Waals surface area contributed by atoms with Crippen molar-refractivity contribution in [2.75, 3.05) is 11.5 Å². The second-order valence-electron chi connectivity index (χ2n) is 9.24. The van der Waals surface area contributed by atoms with Crippen molar-refractivity contribution in [3.63, 3.8) is 0 Å². The summed E-state index contributed by atoms with van der Waals surface area (Å²) in [6.45, 7) is 10.7. The predicted octanol–water partition coefficient (Wildman–Crippen LogP) is 5.11. The highest BCUT2D eigenvalue weighted by Gasteiger charge is 2.49. The highest BCUT2D eigenvalue weighted by Crippen LogP contribution is 2.44. The van der Waals surface area contributed by atoms with Gasteiger partial charge < -0.3 is 14.2 Å². The van der Waals surface area contributed by atoms with Gasteiger partial charge in [0.1, 0.15) is 23.7 Å². The Balaban J connectivity index is 1.76. The molecule has 1 saturated heterocycles. The van der Waals surface area contributed by atoms with Crippen molar-refractivity contribution in [1.29, 1.82) is 0 Å². The first-order valence-corrected chi connectivity index (χ1v) is 13.0. The number of hydrogen-bond donors (Lipinski definition) is 1. The van der Waals surface area contributed by atoms with Crippen LogP contribution in [0.3, 0.4) is 0 Å². The molecule has 4 aromatic rings. The number of thiazole rings is 1. The molecule has 0 spiro atoms. The van der Waals surface area contributed by atoms with Crippen LogP contribution in [0.4, 0.5) is 5.13 Å². The van der Waals surface area contributed by atoms with Crippen molar-refractivity contribution in [1.82, 2.24) is 14.4 Å². The van der Waals surface area contributed by atoms with Gasteiger partial charge in [0, 0.05) is 13.1 Å². The molecule has 1 amide bonds. The molecule has 1 unspecified atom stereocenters. The number of imidazole rings is 1. The number of anilines is 1. The van der Waals surface area contributed by atoms with Gasteiger partial charge in [-0.1, -0.05) is 42.2 Å². The minimum atomic E-state index is -1.03. The number of fused-ring (bicyclic) bond motifs is 1. The van der Waals surface area contributed by atoms with Crippen LogP contribution in [0.25, 0.3) is 11.4 Å². The quantitative estimate of drug-likeness (QED) is 0.113. The first kappa shape index (κ1) is 26.1. The third-order valence-electron chi connectivity index (χ3n) is 6.61. The van der Waals surface area contributed by atoms with E-state index < -0.39 is 17.7 Å². The predicted molar refractivity (Wildman–Crippen MR) is 148 cm³/mol. The number of Topliss-reactive ketones (excluding diaryl/α,β-unsaturated/α-hetero) is 2. The minimum Gasteiger partial charge on any atom is -0.505 e. The van der Waals surface area contributed by atoms with Crippen molar-refractivity contribution in [3.05, 3.63) is 93.9 Å². The van der Waals surface area contributed by atoms with E-state index in [0.717, 1.165) is 16.9 Å². The average Bonchev–Trinajstić information content (AvgIpc) is 3.55. The molecule has 5 rings (SSSR count). The normalized spacial score (nSPS) is 16.7. The largest absolute Gasteiger partial charge is 0.505 e. The van der Waals surface area contributed by atoms with E-state index in [0.29, 0.717) is 33.2 Å². The molecule has 1 N–H and O–H groups in total. The van der Waals surface area contributed by atoms with E-state index in [9.17, 15) is 19.5 Å². The zero-order chi connectivity index (χ0) is 28.0. The minimum absolute atomic E-state index is 0.123. The summed E-state index contributed by atoms with van der Waals surface area (Å²) in [6, 6.07) is 9.66. The van der Waals surface area contributed by atoms with E-state index in [1.54, 1.807) is 44.2 Å². The van der Waals surface area contributed by atoms with Gasteiger partial charge in [0.25, 0.3) is 5.78 Å². The Hall–Kier alpha value is -4.57. The average molecular weight is 543 g/mol. The Labute approximate surface area is 228 Å². The maximum atomic E-state index is 13.6. The number of benzene rings is 1. The zero-order valence-electron chi connectivity index (χ0n) is 21.9. The molecule has 39 heavy (non-hydrogen) atoms. The topological polar surface area (TPSA) is 114 Å². The summed E-state index contributed by atoms with van der Waals surface area (Å²) in [5.41, 5.74) is 3.18. The van der Waals surface area contributed by atoms with Crippen LogP contribution < -0.4 is 9.64 Å². The summed E-state index contributed by atoms with van der Waals surface area (Å²) < 4.78 is 7.52. The smallest absolute Gasteiger partial charge is 0.301 e. The van der Waals surface area contributed by atoms with Crippen LogP contribution in [0.2, 0.25) is 0 Å². The Morgan fingerprint density at radius 2 is 1.95 bits per heavy atom. The Morgan fingerprint density at radius 1 is 1.18 bits per heavy atom. The van der Waals surface area contributed by atoms with Crippen LogP contribution in [0, 0.1) is 20.8 Å². The number of ketones is 2. The number of rotatable bonds is 7. The van der Waals surface area contributed by atoms with Gasteiger partial charge in [-0.3, -0.25) is 19.3 Å². The van der Waals surface area contributed by atoms with Gasteiger partial charge in [0.15, 0.2) is 16.7 Å². The number of hydrogen-bond acceptors (Lipinski definition) is 8. The SMILES string of the molecule is C=CCOc1cccc(C2C(=C(O)c3nc4c(C)cccn4c3C)C(=O)C(=O)N2c2nc(C)c(C(C)=O)s2)c1. The Kier molecular flexibility index (Phi) is 6.65. The number of aromatic nitrogens is 3. The first-order chi connectivity index (χ1) is 18.6. The fraction of sp³-hybridized carbons (Fsp3) is 0.207. The number of aryl methyl sites for hydroxylation is 3. The van der Waals surface area contributed by atoms with Crippen LogP contribution in [0.15, 0.2) is 60.8 Å². The van der Waals surface area contributed by atoms with Crippen LogP contribution in [-0.2, 0) is 9.59 Å². The van der Waals surface area contributed by atoms with E-state index in [-0.39, 0.29) is 34.5 Å². The Bertz CT molecular complexity index is 1710. The maximum Gasteiger partial charge on any atom is 0.301 e. The Morgan fingerprint density at radius 3 is 2.62 bits per heavy atom. The summed E-state index contributed by atoms with van der Waals surface area (Å²) >= 11 is 1.03. The second kappa shape index (κ2) is 9.95. The summed E-state index contributed by atoms with van der Waals surface area (Å²) in [5, 5.41) is 11.8. The molecule has 4 heterocycles. The lowest BCUT2D eigenvalue weighted by molar-refractivity contribution is -0.132. The summed E-state index contributed by atoms with van der Waals surface area (Å²) in [6.07, 6.45) is 3.42. The number of pyridine rings is 1. The molecule has 9 nitrogen and oxygen atoms in total. The summed E-state index contributed by atoms with van der Waals surface area (Å²) in [4.78, 5) is 50.0. The van der Waals surface area contributed by atoms with Gasteiger partial charge >= 0.3 is 5.91 Å². The van der Waals surface area contributed by atoms with Crippen molar-refractivity contribution in [2.45, 2.75) is 33.7 Å². The first-order valence-electron chi connectivity index (χ1n) is 12.2. The van der Waals surface area contributed by atoms with E-state index in [2.05, 4.69) is 16.5 Å². The number of aliphatic hydroxyl groups is 1. The molecule has 1 aliphatic heterocycles. The number of carbonyl (C=O) groups is 3. The zero-order valence-corrected chi connectivity index (χ0v) is 22.7. The molecule has 0 saturated carbocycles. The van der Waals surface area contributed by atoms with Crippen LogP contribution >= 0.6 is 11.3 Å². The lowest BCUT2D eigenvalue weighted by Gasteiger charge is -2.23. The number of aliphatic hydroxyl groups excluding tert-OH is 1. The molecular weight excluding hydrogens is 516 g/mol. The van der Waals surface area contributed by atoms with E-state index in [1.165, 1.54) is 11.8 Å². The van der Waals surface area contributed by atoms with Gasteiger partial charge in [0.2, 0.25) is 0 Å². The van der Waals surface area contributed by atoms with Crippen molar-refractivity contribution < 1.29 is 24.2 Å². The molecule has 1 aliphatic rings. The monoisotopic (exact) mass is 542 g/mol. The van der Waals surface area contributed by atoms with Gasteiger partial charge in [-0.25, -0.2) is 9.97 Å². The fourth-order valence-corrected chi connectivity index (χ4v) is 5.75. The third kappa shape index (κ3) is 4.32. The molecule has 10 heteroatoms. The molecule has 0 radical (unpaired) electrons.